The molecule has 1 aromatic heterocycles. The van der Waals surface area contributed by atoms with Crippen LogP contribution in [0.4, 0.5) is 0 Å². The Kier molecular flexibility index (Phi) is 6.72. The number of halogens is 1. The van der Waals surface area contributed by atoms with E-state index in [-0.39, 0.29) is 28.2 Å². The van der Waals surface area contributed by atoms with Gasteiger partial charge in [0.15, 0.2) is 11.2 Å². The van der Waals surface area contributed by atoms with Crippen LogP contribution in [-0.4, -0.2) is 37.3 Å². The molecule has 0 amide bonds. The molecular weight excluding hydrogens is 450 g/mol. The molecule has 30 heavy (non-hydrogen) atoms. The van der Waals surface area contributed by atoms with Gasteiger partial charge in [0.25, 0.3) is 0 Å². The summed E-state index contributed by atoms with van der Waals surface area (Å²) in [6.45, 7) is 9.33. The Labute approximate surface area is 185 Å². The number of hydrogen-bond donors (Lipinski definition) is 0. The number of methoxy groups -OCH3 is 1. The number of rotatable bonds is 6. The normalized spacial score (nSPS) is 15.6. The zero-order chi connectivity index (χ0) is 22.1. The van der Waals surface area contributed by atoms with E-state index in [2.05, 4.69) is 36.7 Å². The summed E-state index contributed by atoms with van der Waals surface area (Å²) in [4.78, 5) is 24.7. The van der Waals surface area contributed by atoms with Crippen molar-refractivity contribution in [3.05, 3.63) is 44.7 Å². The van der Waals surface area contributed by atoms with Crippen LogP contribution in [0.15, 0.2) is 33.7 Å². The molecule has 1 aliphatic rings. The number of pyridine rings is 1. The van der Waals surface area contributed by atoms with Gasteiger partial charge in [-0.2, -0.15) is 0 Å². The van der Waals surface area contributed by atoms with Crippen molar-refractivity contribution in [3.63, 3.8) is 0 Å². The largest absolute Gasteiger partial charge is 0.492 e. The predicted molar refractivity (Wildman–Crippen MR) is 120 cm³/mol. The van der Waals surface area contributed by atoms with Gasteiger partial charge < -0.3 is 18.8 Å². The molecule has 3 rings (SSSR count). The lowest BCUT2D eigenvalue weighted by atomic mass is 9.86. The number of carbonyl (C=O) groups excluding carboxylic acids is 1. The second kappa shape index (κ2) is 8.94. The van der Waals surface area contributed by atoms with E-state index in [1.54, 1.807) is 13.3 Å². The molecule has 6 nitrogen and oxygen atoms in total. The second-order valence-electron chi connectivity index (χ2n) is 8.57. The smallest absolute Gasteiger partial charge is 0.192 e. The summed E-state index contributed by atoms with van der Waals surface area (Å²) in [5, 5.41) is 0. The van der Waals surface area contributed by atoms with E-state index in [1.165, 1.54) is 13.0 Å². The molecule has 0 bridgehead atoms. The van der Waals surface area contributed by atoms with Crippen molar-refractivity contribution in [2.75, 3.05) is 26.9 Å². The fourth-order valence-corrected chi connectivity index (χ4v) is 4.01. The van der Waals surface area contributed by atoms with Crippen molar-refractivity contribution in [2.45, 2.75) is 40.2 Å². The van der Waals surface area contributed by atoms with Crippen LogP contribution >= 0.6 is 15.9 Å². The minimum absolute atomic E-state index is 0.0663. The molecule has 0 saturated carbocycles. The number of ketones is 1. The van der Waals surface area contributed by atoms with Crippen LogP contribution in [0, 0.1) is 5.41 Å². The Bertz CT molecular complexity index is 1010. The van der Waals surface area contributed by atoms with E-state index < -0.39 is 0 Å². The summed E-state index contributed by atoms with van der Waals surface area (Å²) < 4.78 is 19.9. The van der Waals surface area contributed by atoms with Crippen molar-refractivity contribution >= 4 is 21.7 Å². The van der Waals surface area contributed by atoms with Gasteiger partial charge in [0, 0.05) is 44.0 Å². The molecule has 2 aromatic rings. The first kappa shape index (κ1) is 22.6. The van der Waals surface area contributed by atoms with Gasteiger partial charge in [0.1, 0.15) is 18.1 Å². The third-order valence-corrected chi connectivity index (χ3v) is 5.87. The summed E-state index contributed by atoms with van der Waals surface area (Å²) >= 11 is 3.58. The average molecular weight is 478 g/mol. The lowest BCUT2D eigenvalue weighted by molar-refractivity contribution is 0.101. The van der Waals surface area contributed by atoms with Gasteiger partial charge in [0.2, 0.25) is 0 Å². The van der Waals surface area contributed by atoms with Gasteiger partial charge in [-0.05, 0) is 34.3 Å². The Hall–Kier alpha value is -2.12. The maximum Gasteiger partial charge on any atom is 0.192 e. The van der Waals surface area contributed by atoms with Gasteiger partial charge in [-0.15, -0.1) is 0 Å². The number of nitrogens with zero attached hydrogens (tertiary/aromatic N) is 1. The van der Waals surface area contributed by atoms with Crippen LogP contribution in [0.3, 0.4) is 0 Å². The Morgan fingerprint density at radius 3 is 2.63 bits per heavy atom. The fraction of sp³-hybridized carbons (Fsp3) is 0.478. The minimum atomic E-state index is -0.287. The number of aromatic nitrogens is 1. The molecule has 0 aliphatic carbocycles. The highest BCUT2D eigenvalue weighted by Crippen LogP contribution is 2.44. The van der Waals surface area contributed by atoms with Crippen LogP contribution < -0.4 is 14.9 Å². The van der Waals surface area contributed by atoms with Gasteiger partial charge in [-0.3, -0.25) is 9.59 Å². The molecule has 0 fully saturated rings. The molecule has 0 N–H and O–H groups in total. The van der Waals surface area contributed by atoms with E-state index >= 15 is 0 Å². The lowest BCUT2D eigenvalue weighted by Crippen LogP contribution is -2.31. The number of fused-ring (bicyclic) bond motifs is 3. The Morgan fingerprint density at radius 2 is 2.00 bits per heavy atom. The first-order valence-corrected chi connectivity index (χ1v) is 10.8. The van der Waals surface area contributed by atoms with Crippen molar-refractivity contribution in [1.82, 2.24) is 4.57 Å². The third-order valence-electron chi connectivity index (χ3n) is 5.25. The maximum atomic E-state index is 12.6. The highest BCUT2D eigenvalue weighted by atomic mass is 79.9. The van der Waals surface area contributed by atoms with Gasteiger partial charge >= 0.3 is 0 Å². The molecule has 0 radical (unpaired) electrons. The van der Waals surface area contributed by atoms with E-state index in [0.29, 0.717) is 31.3 Å². The molecule has 1 aliphatic heterocycles. The van der Waals surface area contributed by atoms with Gasteiger partial charge in [0.05, 0.1) is 28.4 Å². The van der Waals surface area contributed by atoms with Crippen LogP contribution in [0.5, 0.6) is 11.5 Å². The van der Waals surface area contributed by atoms with E-state index in [4.69, 9.17) is 14.2 Å². The number of benzene rings is 1. The van der Waals surface area contributed by atoms with E-state index in [1.807, 2.05) is 16.7 Å². The molecule has 2 heterocycles. The van der Waals surface area contributed by atoms with Crippen LogP contribution in [0.1, 0.15) is 50.5 Å². The monoisotopic (exact) mass is 477 g/mol. The Balaban J connectivity index is 2.13. The predicted octanol–water partition coefficient (Wildman–Crippen LogP) is 4.88. The Morgan fingerprint density at radius 1 is 1.27 bits per heavy atom. The molecular formula is C23H28BrNO5. The molecule has 1 aromatic carbocycles. The topological polar surface area (TPSA) is 66.8 Å². The number of ether oxygens (including phenoxy) is 3. The second-order valence-corrected chi connectivity index (χ2v) is 9.42. The zero-order valence-corrected chi connectivity index (χ0v) is 19.7. The average Bonchev–Trinajstić information content (AvgIpc) is 2.81. The van der Waals surface area contributed by atoms with E-state index in [9.17, 15) is 9.59 Å². The van der Waals surface area contributed by atoms with Crippen molar-refractivity contribution < 1.29 is 19.0 Å². The first-order valence-electron chi connectivity index (χ1n) is 9.99. The number of hydrogen-bond acceptors (Lipinski definition) is 5. The summed E-state index contributed by atoms with van der Waals surface area (Å²) in [7, 11) is 1.66. The van der Waals surface area contributed by atoms with Crippen molar-refractivity contribution in [2.24, 2.45) is 5.41 Å². The minimum Gasteiger partial charge on any atom is -0.492 e. The van der Waals surface area contributed by atoms with Crippen LogP contribution in [0.25, 0.3) is 11.3 Å². The summed E-state index contributed by atoms with van der Waals surface area (Å²) in [5.41, 5.74) is 1.25. The highest BCUT2D eigenvalue weighted by Gasteiger charge is 2.32. The maximum absolute atomic E-state index is 12.6. The summed E-state index contributed by atoms with van der Waals surface area (Å²) in [6, 6.07) is 5.23. The molecule has 162 valence electrons. The standard InChI is InChI=1S/C23H28BrNO5/c1-14(26)16-12-25-18(10-19(16)27)15-9-17(24)21(29-8-6-7-28-5)11-20(15)30-13-22(25)23(2,3)4/h9-12,22H,6-8,13H2,1-5H3. The number of Topliss-reactive ketones (excluding diaryl/α,β-unsaturated/α-hetero) is 1. The van der Waals surface area contributed by atoms with Crippen molar-refractivity contribution in [3.8, 4) is 22.8 Å². The molecule has 1 unspecified atom stereocenters. The molecule has 0 saturated heterocycles. The van der Waals surface area contributed by atoms with Crippen LogP contribution in [0.2, 0.25) is 0 Å². The third kappa shape index (κ3) is 4.62. The van der Waals surface area contributed by atoms with Crippen LogP contribution in [-0.2, 0) is 4.74 Å². The summed E-state index contributed by atoms with van der Waals surface area (Å²) in [5.74, 6) is 1.08. The number of carbonyl (C=O) groups is 1. The fourth-order valence-electron chi connectivity index (χ4n) is 3.55. The quantitative estimate of drug-likeness (QED) is 0.438. The van der Waals surface area contributed by atoms with Gasteiger partial charge in [-0.1, -0.05) is 20.8 Å². The molecule has 7 heteroatoms. The lowest BCUT2D eigenvalue weighted by Gasteiger charge is -2.32. The first-order chi connectivity index (χ1) is 14.1. The van der Waals surface area contributed by atoms with Gasteiger partial charge in [-0.25, -0.2) is 0 Å². The SMILES string of the molecule is COCCCOc1cc2c(cc1Br)-c1cc(=O)c(C(C)=O)cn1C(C(C)(C)C)CO2. The zero-order valence-electron chi connectivity index (χ0n) is 18.1. The van der Waals surface area contributed by atoms with E-state index in [0.717, 1.165) is 22.2 Å². The highest BCUT2D eigenvalue weighted by molar-refractivity contribution is 9.10. The van der Waals surface area contributed by atoms with Crippen molar-refractivity contribution in [1.29, 1.82) is 0 Å². The molecule has 1 atom stereocenters. The molecule has 0 spiro atoms. The summed E-state index contributed by atoms with van der Waals surface area (Å²) in [6.07, 6.45) is 2.45.